The first-order valence-corrected chi connectivity index (χ1v) is 5.56. The van der Waals surface area contributed by atoms with Crippen LogP contribution in [0.25, 0.3) is 0 Å². The van der Waals surface area contributed by atoms with Crippen molar-refractivity contribution in [1.82, 2.24) is 4.90 Å². The minimum absolute atomic E-state index is 0.702. The summed E-state index contributed by atoms with van der Waals surface area (Å²) in [5.74, 6) is 0. The molecule has 88 valence electrons. The van der Waals surface area contributed by atoms with Crippen molar-refractivity contribution in [3.05, 3.63) is 35.7 Å². The molecular formula is C13H21N3. The first kappa shape index (κ1) is 14.3. The van der Waals surface area contributed by atoms with Crippen molar-refractivity contribution in [2.45, 2.75) is 33.1 Å². The third-order valence-corrected chi connectivity index (χ3v) is 2.38. The molecule has 0 saturated heterocycles. The summed E-state index contributed by atoms with van der Waals surface area (Å²) in [5, 5.41) is 8.87. The van der Waals surface area contributed by atoms with Gasteiger partial charge in [-0.3, -0.25) is 4.90 Å². The van der Waals surface area contributed by atoms with E-state index >= 15 is 0 Å². The zero-order valence-electron chi connectivity index (χ0n) is 10.5. The van der Waals surface area contributed by atoms with Crippen molar-refractivity contribution in [2.75, 3.05) is 7.05 Å². The maximum atomic E-state index is 8.87. The average molecular weight is 219 g/mol. The lowest BCUT2D eigenvalue weighted by atomic mass is 10.0. The monoisotopic (exact) mass is 219 g/mol. The smallest absolute Gasteiger partial charge is 0.183 e. The fraction of sp³-hybridized carbons (Fsp3) is 0.462. The zero-order chi connectivity index (χ0) is 12.6. The zero-order valence-corrected chi connectivity index (χ0v) is 10.5. The molecule has 3 heteroatoms. The summed E-state index contributed by atoms with van der Waals surface area (Å²) in [6.07, 6.45) is 8.40. The largest absolute Gasteiger partial charge is 0.397 e. The maximum absolute atomic E-state index is 8.87. The van der Waals surface area contributed by atoms with Crippen LogP contribution >= 0.6 is 0 Å². The molecule has 0 aliphatic carbocycles. The van der Waals surface area contributed by atoms with Gasteiger partial charge in [-0.1, -0.05) is 39.0 Å². The molecule has 16 heavy (non-hydrogen) atoms. The Hall–Kier alpha value is -1.69. The van der Waals surface area contributed by atoms with Crippen molar-refractivity contribution in [3.8, 4) is 6.19 Å². The van der Waals surface area contributed by atoms with Gasteiger partial charge in [-0.15, -0.1) is 0 Å². The Bertz CT molecular complexity index is 332. The number of rotatable bonds is 6. The SMILES string of the molecule is C=C/C=C(CCC)\C(N)=C(\CC)N(C)C#N. The second-order valence-corrected chi connectivity index (χ2v) is 3.55. The Kier molecular flexibility index (Phi) is 6.78. The van der Waals surface area contributed by atoms with Crippen molar-refractivity contribution < 1.29 is 0 Å². The minimum Gasteiger partial charge on any atom is -0.397 e. The summed E-state index contributed by atoms with van der Waals surface area (Å²) >= 11 is 0. The molecular weight excluding hydrogens is 198 g/mol. The van der Waals surface area contributed by atoms with Crippen LogP contribution in [0.15, 0.2) is 35.7 Å². The van der Waals surface area contributed by atoms with Gasteiger partial charge in [0.25, 0.3) is 0 Å². The highest BCUT2D eigenvalue weighted by atomic mass is 15.1. The Balaban J connectivity index is 5.28. The van der Waals surface area contributed by atoms with Crippen LogP contribution in [0.4, 0.5) is 0 Å². The van der Waals surface area contributed by atoms with Gasteiger partial charge in [-0.05, 0) is 18.4 Å². The van der Waals surface area contributed by atoms with Crippen LogP contribution in [0.1, 0.15) is 33.1 Å². The van der Waals surface area contributed by atoms with Crippen molar-refractivity contribution in [2.24, 2.45) is 5.73 Å². The highest BCUT2D eigenvalue weighted by Gasteiger charge is 2.09. The predicted molar refractivity (Wildman–Crippen MR) is 68.1 cm³/mol. The number of allylic oxidation sites excluding steroid dienone is 4. The topological polar surface area (TPSA) is 53.0 Å². The predicted octanol–water partition coefficient (Wildman–Crippen LogP) is 2.89. The van der Waals surface area contributed by atoms with E-state index in [-0.39, 0.29) is 0 Å². The maximum Gasteiger partial charge on any atom is 0.183 e. The summed E-state index contributed by atoms with van der Waals surface area (Å²) < 4.78 is 0. The van der Waals surface area contributed by atoms with Gasteiger partial charge in [-0.2, -0.15) is 5.26 Å². The van der Waals surface area contributed by atoms with Gasteiger partial charge in [0.05, 0.1) is 11.4 Å². The summed E-state index contributed by atoms with van der Waals surface area (Å²) in [5.41, 5.74) is 8.71. The number of nitrogens with zero attached hydrogens (tertiary/aromatic N) is 2. The molecule has 0 aliphatic rings. The average Bonchev–Trinajstić information content (AvgIpc) is 2.29. The standard InChI is InChI=1S/C13H21N3/c1-5-8-11(9-6-2)13(15)12(7-3)16(4)10-14/h5,8H,1,6-7,9,15H2,2-4H3/b11-8-,13-12+. The van der Waals surface area contributed by atoms with E-state index in [1.807, 2.05) is 13.0 Å². The molecule has 0 spiro atoms. The molecule has 0 rings (SSSR count). The number of hydrogen-bond donors (Lipinski definition) is 1. The van der Waals surface area contributed by atoms with Gasteiger partial charge in [0.2, 0.25) is 0 Å². The van der Waals surface area contributed by atoms with Gasteiger partial charge in [0, 0.05) is 7.05 Å². The lowest BCUT2D eigenvalue weighted by Gasteiger charge is -2.17. The molecule has 0 aliphatic heterocycles. The van der Waals surface area contributed by atoms with E-state index in [1.165, 1.54) is 4.90 Å². The van der Waals surface area contributed by atoms with Crippen LogP contribution in [0.2, 0.25) is 0 Å². The Morgan fingerprint density at radius 2 is 2.12 bits per heavy atom. The van der Waals surface area contributed by atoms with Crippen LogP contribution in [-0.4, -0.2) is 11.9 Å². The Morgan fingerprint density at radius 1 is 1.50 bits per heavy atom. The lowest BCUT2D eigenvalue weighted by Crippen LogP contribution is -2.17. The molecule has 0 unspecified atom stereocenters. The van der Waals surface area contributed by atoms with Gasteiger partial charge in [0.1, 0.15) is 0 Å². The number of nitriles is 1. The highest BCUT2D eigenvalue weighted by Crippen LogP contribution is 2.19. The van der Waals surface area contributed by atoms with Crippen LogP contribution in [-0.2, 0) is 0 Å². The van der Waals surface area contributed by atoms with Gasteiger partial charge < -0.3 is 5.73 Å². The quantitative estimate of drug-likeness (QED) is 0.424. The summed E-state index contributed by atoms with van der Waals surface area (Å²) in [7, 11) is 1.73. The van der Waals surface area contributed by atoms with Crippen LogP contribution in [0.5, 0.6) is 0 Å². The van der Waals surface area contributed by atoms with Crippen LogP contribution < -0.4 is 5.73 Å². The fourth-order valence-electron chi connectivity index (χ4n) is 1.57. The second-order valence-electron chi connectivity index (χ2n) is 3.55. The molecule has 0 aromatic carbocycles. The molecule has 0 radical (unpaired) electrons. The first-order valence-electron chi connectivity index (χ1n) is 5.56. The van der Waals surface area contributed by atoms with Gasteiger partial charge >= 0.3 is 0 Å². The summed E-state index contributed by atoms with van der Waals surface area (Å²) in [4.78, 5) is 1.52. The lowest BCUT2D eigenvalue weighted by molar-refractivity contribution is 0.555. The van der Waals surface area contributed by atoms with Crippen LogP contribution in [0.3, 0.4) is 0 Å². The molecule has 0 aromatic rings. The van der Waals surface area contributed by atoms with E-state index in [4.69, 9.17) is 11.0 Å². The molecule has 0 atom stereocenters. The van der Waals surface area contributed by atoms with E-state index < -0.39 is 0 Å². The molecule has 0 fully saturated rings. The van der Waals surface area contributed by atoms with E-state index in [0.717, 1.165) is 30.5 Å². The third-order valence-electron chi connectivity index (χ3n) is 2.38. The van der Waals surface area contributed by atoms with E-state index in [2.05, 4.69) is 19.7 Å². The summed E-state index contributed by atoms with van der Waals surface area (Å²) in [6, 6.07) is 0. The number of hydrogen-bond acceptors (Lipinski definition) is 3. The molecule has 3 nitrogen and oxygen atoms in total. The minimum atomic E-state index is 0.702. The molecule has 0 amide bonds. The second kappa shape index (κ2) is 7.58. The van der Waals surface area contributed by atoms with E-state index in [0.29, 0.717) is 5.70 Å². The van der Waals surface area contributed by atoms with Gasteiger partial charge in [0.15, 0.2) is 6.19 Å². The van der Waals surface area contributed by atoms with Crippen molar-refractivity contribution in [3.63, 3.8) is 0 Å². The Labute approximate surface area is 98.5 Å². The molecule has 0 saturated carbocycles. The molecule has 2 N–H and O–H groups in total. The first-order chi connectivity index (χ1) is 7.62. The van der Waals surface area contributed by atoms with E-state index in [1.54, 1.807) is 13.1 Å². The molecule has 0 aromatic heterocycles. The van der Waals surface area contributed by atoms with Gasteiger partial charge in [-0.25, -0.2) is 0 Å². The third kappa shape index (κ3) is 3.82. The van der Waals surface area contributed by atoms with Crippen molar-refractivity contribution >= 4 is 0 Å². The highest BCUT2D eigenvalue weighted by molar-refractivity contribution is 5.35. The Morgan fingerprint density at radius 3 is 2.50 bits per heavy atom. The van der Waals surface area contributed by atoms with E-state index in [9.17, 15) is 0 Å². The summed E-state index contributed by atoms with van der Waals surface area (Å²) in [6.45, 7) is 7.78. The molecule has 0 bridgehead atoms. The normalized spacial score (nSPS) is 12.8. The van der Waals surface area contributed by atoms with Crippen LogP contribution in [0, 0.1) is 11.5 Å². The fourth-order valence-corrected chi connectivity index (χ4v) is 1.57. The molecule has 0 heterocycles. The number of nitrogens with two attached hydrogens (primary N) is 1. The van der Waals surface area contributed by atoms with Crippen molar-refractivity contribution in [1.29, 1.82) is 5.26 Å².